The quantitative estimate of drug-likeness (QED) is 0.334. The van der Waals surface area contributed by atoms with Gasteiger partial charge in [-0.3, -0.25) is 8.74 Å². The normalized spacial score (nSPS) is 10.6. The van der Waals surface area contributed by atoms with E-state index < -0.39 is 10.4 Å². The summed E-state index contributed by atoms with van der Waals surface area (Å²) >= 11 is 0. The number of nitrogens with two attached hydrogens (primary N) is 2. The van der Waals surface area contributed by atoms with E-state index in [1.54, 1.807) is 6.92 Å². The molecule has 0 bridgehead atoms. The molecule has 0 aromatic heterocycles. The highest BCUT2D eigenvalue weighted by molar-refractivity contribution is 7.80. The molecule has 0 unspecified atom stereocenters. The van der Waals surface area contributed by atoms with E-state index in [4.69, 9.17) is 16.0 Å². The zero-order valence-electron chi connectivity index (χ0n) is 5.81. The molecule has 0 aliphatic rings. The van der Waals surface area contributed by atoms with Gasteiger partial charge in [-0.15, -0.1) is 0 Å². The largest absolute Gasteiger partial charge is 0.397 e. The molecule has 0 aliphatic carbocycles. The third-order valence-electron chi connectivity index (χ3n) is 0.211. The molecule has 0 spiro atoms. The summed E-state index contributed by atoms with van der Waals surface area (Å²) in [7, 11) is -3.29. The Morgan fingerprint density at radius 2 is 1.60 bits per heavy atom. The Bertz CT molecular complexity index is 149. The van der Waals surface area contributed by atoms with Gasteiger partial charge in [0.1, 0.15) is 0 Å². The van der Waals surface area contributed by atoms with Crippen LogP contribution >= 0.6 is 0 Å². The highest BCUT2D eigenvalue weighted by Crippen LogP contribution is 1.74. The summed E-state index contributed by atoms with van der Waals surface area (Å²) in [5, 5.41) is 0. The highest BCUT2D eigenvalue weighted by Gasteiger charge is 1.93. The second-order valence-electron chi connectivity index (χ2n) is 1.45. The first-order valence-electron chi connectivity index (χ1n) is 2.33. The van der Waals surface area contributed by atoms with Crippen molar-refractivity contribution in [2.75, 3.05) is 7.11 Å². The van der Waals surface area contributed by atoms with Gasteiger partial charge in [-0.25, -0.2) is 0 Å². The van der Waals surface area contributed by atoms with Gasteiger partial charge in [0, 0.05) is 6.17 Å². The Balaban J connectivity index is 0. The Morgan fingerprint density at radius 3 is 1.60 bits per heavy atom. The van der Waals surface area contributed by atoms with Crippen LogP contribution in [0.2, 0.25) is 0 Å². The van der Waals surface area contributed by atoms with E-state index in [-0.39, 0.29) is 6.17 Å². The van der Waals surface area contributed by atoms with Gasteiger partial charge in [0.25, 0.3) is 0 Å². The van der Waals surface area contributed by atoms with Crippen LogP contribution in [0.1, 0.15) is 6.92 Å². The van der Waals surface area contributed by atoms with Crippen LogP contribution in [0, 0.1) is 0 Å². The highest BCUT2D eigenvalue weighted by atomic mass is 32.3. The van der Waals surface area contributed by atoms with Gasteiger partial charge in [0.2, 0.25) is 0 Å². The number of hydrogen-bond acceptors (Lipinski definition) is 5. The molecule has 6 nitrogen and oxygen atoms in total. The predicted molar refractivity (Wildman–Crippen MR) is 36.4 cm³/mol. The van der Waals surface area contributed by atoms with Gasteiger partial charge < -0.3 is 11.5 Å². The molecule has 5 N–H and O–H groups in total. The molecule has 0 saturated carbocycles. The van der Waals surface area contributed by atoms with Crippen molar-refractivity contribution in [1.29, 1.82) is 0 Å². The Morgan fingerprint density at radius 1 is 1.50 bits per heavy atom. The Hall–Kier alpha value is -0.210. The minimum Gasteiger partial charge on any atom is -0.316 e. The standard InChI is InChI=1S/C2H8N2.CH4O4S/c1-2(3)4;1-5-6(2,3)4/h2H,3-4H2,1H3;1H3,(H,2,3,4). The molecular formula is C3H12N2O4S. The first kappa shape index (κ1) is 12.5. The van der Waals surface area contributed by atoms with E-state index >= 15 is 0 Å². The molecule has 0 atom stereocenters. The molecule has 0 radical (unpaired) electrons. The molecule has 64 valence electrons. The minimum absolute atomic E-state index is 0.167. The SMILES string of the molecule is CC(N)N.COS(=O)(=O)O. The molecule has 0 saturated heterocycles. The Kier molecular flexibility index (Phi) is 6.94. The van der Waals surface area contributed by atoms with Crippen molar-refractivity contribution in [2.45, 2.75) is 13.1 Å². The molecule has 0 rings (SSSR count). The molecule has 0 fully saturated rings. The zero-order valence-corrected chi connectivity index (χ0v) is 6.63. The molecule has 0 aromatic carbocycles. The number of rotatable bonds is 1. The maximum Gasteiger partial charge on any atom is 0.397 e. The fraction of sp³-hybridized carbons (Fsp3) is 1.00. The summed E-state index contributed by atoms with van der Waals surface area (Å²) in [6, 6.07) is 0. The van der Waals surface area contributed by atoms with Gasteiger partial charge in [0.05, 0.1) is 7.11 Å². The third kappa shape index (κ3) is 46.1. The first-order chi connectivity index (χ1) is 4.29. The van der Waals surface area contributed by atoms with Gasteiger partial charge in [-0.05, 0) is 6.92 Å². The van der Waals surface area contributed by atoms with Crippen LogP contribution in [0.15, 0.2) is 0 Å². The fourth-order valence-corrected chi connectivity index (χ4v) is 0. The van der Waals surface area contributed by atoms with Gasteiger partial charge >= 0.3 is 10.4 Å². The van der Waals surface area contributed by atoms with Crippen LogP contribution < -0.4 is 11.5 Å². The van der Waals surface area contributed by atoms with Crippen molar-refractivity contribution in [3.05, 3.63) is 0 Å². The Labute approximate surface area is 60.1 Å². The van der Waals surface area contributed by atoms with Crippen molar-refractivity contribution < 1.29 is 17.2 Å². The van der Waals surface area contributed by atoms with E-state index in [1.807, 2.05) is 0 Å². The second-order valence-corrected chi connectivity index (χ2v) is 2.64. The lowest BCUT2D eigenvalue weighted by molar-refractivity contribution is 0.324. The molecule has 0 heterocycles. The topological polar surface area (TPSA) is 116 Å². The summed E-state index contributed by atoms with van der Waals surface area (Å²) in [5.74, 6) is 0. The average molecular weight is 172 g/mol. The van der Waals surface area contributed by atoms with Crippen LogP contribution in [0.4, 0.5) is 0 Å². The molecule has 7 heteroatoms. The van der Waals surface area contributed by atoms with Gasteiger partial charge in [-0.2, -0.15) is 8.42 Å². The average Bonchev–Trinajstić information content (AvgIpc) is 1.63. The molecule has 0 aliphatic heterocycles. The maximum atomic E-state index is 9.33. The van der Waals surface area contributed by atoms with E-state index in [0.29, 0.717) is 0 Å². The smallest absolute Gasteiger partial charge is 0.316 e. The van der Waals surface area contributed by atoms with Crippen LogP contribution in [0.5, 0.6) is 0 Å². The summed E-state index contributed by atoms with van der Waals surface area (Å²) in [6.07, 6.45) is -0.167. The predicted octanol–water partition coefficient (Wildman–Crippen LogP) is -1.31. The monoisotopic (exact) mass is 172 g/mol. The zero-order chi connectivity index (χ0) is 8.78. The van der Waals surface area contributed by atoms with Crippen molar-refractivity contribution in [3.63, 3.8) is 0 Å². The lowest BCUT2D eigenvalue weighted by Gasteiger charge is -1.83. The van der Waals surface area contributed by atoms with Crippen molar-refractivity contribution in [1.82, 2.24) is 0 Å². The van der Waals surface area contributed by atoms with Crippen LogP contribution in [-0.2, 0) is 14.6 Å². The van der Waals surface area contributed by atoms with Crippen molar-refractivity contribution in [2.24, 2.45) is 11.5 Å². The summed E-state index contributed by atoms with van der Waals surface area (Å²) in [6.45, 7) is 1.72. The minimum atomic E-state index is -4.16. The maximum absolute atomic E-state index is 9.33. The fourth-order valence-electron chi connectivity index (χ4n) is 0. The second kappa shape index (κ2) is 5.57. The van der Waals surface area contributed by atoms with Crippen molar-refractivity contribution in [3.8, 4) is 0 Å². The van der Waals surface area contributed by atoms with Crippen LogP contribution in [-0.4, -0.2) is 26.2 Å². The number of hydrogen-bond donors (Lipinski definition) is 3. The summed E-state index contributed by atoms with van der Waals surface area (Å²) in [5.41, 5.74) is 9.78. The molecular weight excluding hydrogens is 160 g/mol. The molecule has 0 aromatic rings. The lowest BCUT2D eigenvalue weighted by Crippen LogP contribution is -2.25. The van der Waals surface area contributed by atoms with Gasteiger partial charge in [-0.1, -0.05) is 0 Å². The third-order valence-corrected chi connectivity index (χ3v) is 0.632. The van der Waals surface area contributed by atoms with E-state index in [2.05, 4.69) is 4.18 Å². The van der Waals surface area contributed by atoms with Crippen LogP contribution in [0.25, 0.3) is 0 Å². The van der Waals surface area contributed by atoms with E-state index in [0.717, 1.165) is 7.11 Å². The van der Waals surface area contributed by atoms with E-state index in [1.165, 1.54) is 0 Å². The van der Waals surface area contributed by atoms with Gasteiger partial charge in [0.15, 0.2) is 0 Å². The van der Waals surface area contributed by atoms with Crippen LogP contribution in [0.3, 0.4) is 0 Å². The van der Waals surface area contributed by atoms with E-state index in [9.17, 15) is 8.42 Å². The lowest BCUT2D eigenvalue weighted by atomic mass is 10.7. The molecule has 10 heavy (non-hydrogen) atoms. The summed E-state index contributed by atoms with van der Waals surface area (Å²) in [4.78, 5) is 0. The van der Waals surface area contributed by atoms with Crippen molar-refractivity contribution >= 4 is 10.4 Å². The first-order valence-corrected chi connectivity index (χ1v) is 3.70. The summed E-state index contributed by atoms with van der Waals surface area (Å²) < 4.78 is 29.7. The molecule has 0 amide bonds.